The minimum atomic E-state index is 0.207. The van der Waals surface area contributed by atoms with E-state index in [0.29, 0.717) is 10.8 Å². The van der Waals surface area contributed by atoms with Crippen molar-refractivity contribution >= 4 is 28.9 Å². The molecule has 1 aromatic heterocycles. The third-order valence-corrected chi connectivity index (χ3v) is 3.50. The third-order valence-electron chi connectivity index (χ3n) is 3.27. The average molecular weight is 306 g/mol. The summed E-state index contributed by atoms with van der Waals surface area (Å²) < 4.78 is 0. The summed E-state index contributed by atoms with van der Waals surface area (Å²) >= 11 is 6.06. The van der Waals surface area contributed by atoms with Gasteiger partial charge in [-0.2, -0.15) is 0 Å². The van der Waals surface area contributed by atoms with Crippen molar-refractivity contribution in [1.29, 1.82) is 0 Å². The summed E-state index contributed by atoms with van der Waals surface area (Å²) in [7, 11) is 0. The number of aromatic nitrogens is 2. The number of nitrogens with zero attached hydrogens (tertiary/aromatic N) is 2. The number of benzene rings is 1. The van der Waals surface area contributed by atoms with Crippen LogP contribution in [0.15, 0.2) is 18.2 Å². The zero-order valence-corrected chi connectivity index (χ0v) is 13.4. The predicted molar refractivity (Wildman–Crippen MR) is 88.1 cm³/mol. The van der Waals surface area contributed by atoms with Gasteiger partial charge >= 0.3 is 0 Å². The van der Waals surface area contributed by atoms with Crippen LogP contribution in [0.4, 0.5) is 17.3 Å². The third kappa shape index (κ3) is 3.43. The lowest BCUT2D eigenvalue weighted by atomic mass is 10.1. The first-order valence-corrected chi connectivity index (χ1v) is 7.18. The number of nitrogen functional groups attached to an aromatic ring is 1. The fourth-order valence-corrected chi connectivity index (χ4v) is 2.08. The van der Waals surface area contributed by atoms with E-state index < -0.39 is 0 Å². The molecule has 0 aliphatic carbocycles. The van der Waals surface area contributed by atoms with Crippen LogP contribution in [-0.2, 0) is 0 Å². The zero-order chi connectivity index (χ0) is 15.6. The van der Waals surface area contributed by atoms with Gasteiger partial charge in [-0.1, -0.05) is 31.5 Å². The standard InChI is InChI=1S/C15H20ClN5/c1-8(2)13-19-14(10(4)15(20-13)21-17)18-12-7-11(16)6-5-9(12)3/h5-8H,17H2,1-4H3,(H2,18,19,20,21). The van der Waals surface area contributed by atoms with E-state index in [1.807, 2.05) is 45.9 Å². The van der Waals surface area contributed by atoms with Crippen molar-refractivity contribution < 1.29 is 0 Å². The molecule has 112 valence electrons. The number of hydrazine groups is 1. The Morgan fingerprint density at radius 2 is 1.81 bits per heavy atom. The Balaban J connectivity index is 2.47. The number of anilines is 3. The van der Waals surface area contributed by atoms with E-state index in [4.69, 9.17) is 17.4 Å². The van der Waals surface area contributed by atoms with Crippen molar-refractivity contribution in [3.05, 3.63) is 40.2 Å². The van der Waals surface area contributed by atoms with Crippen molar-refractivity contribution in [2.75, 3.05) is 10.7 Å². The Morgan fingerprint density at radius 1 is 1.14 bits per heavy atom. The molecule has 0 unspecified atom stereocenters. The Kier molecular flexibility index (Phi) is 4.65. The maximum atomic E-state index is 6.06. The summed E-state index contributed by atoms with van der Waals surface area (Å²) in [5.41, 5.74) is 5.49. The van der Waals surface area contributed by atoms with Crippen molar-refractivity contribution in [2.45, 2.75) is 33.6 Å². The highest BCUT2D eigenvalue weighted by molar-refractivity contribution is 6.30. The molecular weight excluding hydrogens is 286 g/mol. The lowest BCUT2D eigenvalue weighted by Gasteiger charge is -2.16. The summed E-state index contributed by atoms with van der Waals surface area (Å²) in [6, 6.07) is 5.71. The fourth-order valence-electron chi connectivity index (χ4n) is 1.91. The molecule has 5 nitrogen and oxygen atoms in total. The molecule has 0 saturated carbocycles. The van der Waals surface area contributed by atoms with Crippen LogP contribution in [0.1, 0.15) is 36.7 Å². The van der Waals surface area contributed by atoms with E-state index in [2.05, 4.69) is 20.7 Å². The van der Waals surface area contributed by atoms with Gasteiger partial charge in [0.2, 0.25) is 0 Å². The molecule has 21 heavy (non-hydrogen) atoms. The normalized spacial score (nSPS) is 10.8. The first-order valence-electron chi connectivity index (χ1n) is 6.80. The topological polar surface area (TPSA) is 75.9 Å². The van der Waals surface area contributed by atoms with Gasteiger partial charge in [0.1, 0.15) is 17.5 Å². The van der Waals surface area contributed by atoms with Crippen LogP contribution in [-0.4, -0.2) is 9.97 Å². The molecule has 4 N–H and O–H groups in total. The number of hydrogen-bond donors (Lipinski definition) is 3. The van der Waals surface area contributed by atoms with Gasteiger partial charge in [-0.15, -0.1) is 0 Å². The number of aryl methyl sites for hydroxylation is 1. The summed E-state index contributed by atoms with van der Waals surface area (Å²) in [4.78, 5) is 9.00. The summed E-state index contributed by atoms with van der Waals surface area (Å²) in [6.07, 6.45) is 0. The van der Waals surface area contributed by atoms with E-state index in [1.54, 1.807) is 0 Å². The van der Waals surface area contributed by atoms with Crippen LogP contribution in [0.25, 0.3) is 0 Å². The second-order valence-electron chi connectivity index (χ2n) is 5.29. The molecule has 2 rings (SSSR count). The summed E-state index contributed by atoms with van der Waals surface area (Å²) in [5.74, 6) is 7.84. The number of rotatable bonds is 4. The highest BCUT2D eigenvalue weighted by atomic mass is 35.5. The molecule has 0 spiro atoms. The first-order chi connectivity index (χ1) is 9.92. The highest BCUT2D eigenvalue weighted by Gasteiger charge is 2.13. The zero-order valence-electron chi connectivity index (χ0n) is 12.7. The van der Waals surface area contributed by atoms with Crippen molar-refractivity contribution in [1.82, 2.24) is 9.97 Å². The number of halogens is 1. The number of nitrogens with two attached hydrogens (primary N) is 1. The second-order valence-corrected chi connectivity index (χ2v) is 5.72. The van der Waals surface area contributed by atoms with Crippen LogP contribution in [0.5, 0.6) is 0 Å². The average Bonchev–Trinajstić information content (AvgIpc) is 2.44. The molecule has 0 atom stereocenters. The fraction of sp³-hybridized carbons (Fsp3) is 0.333. The van der Waals surface area contributed by atoms with Crippen LogP contribution < -0.4 is 16.6 Å². The molecule has 0 bridgehead atoms. The molecule has 6 heteroatoms. The van der Waals surface area contributed by atoms with Gasteiger partial charge < -0.3 is 10.7 Å². The SMILES string of the molecule is Cc1ccc(Cl)cc1Nc1nc(C(C)C)nc(NN)c1C. The Morgan fingerprint density at radius 3 is 2.43 bits per heavy atom. The molecule has 0 fully saturated rings. The van der Waals surface area contributed by atoms with Gasteiger partial charge in [-0.05, 0) is 31.5 Å². The van der Waals surface area contributed by atoms with Gasteiger partial charge in [-0.3, -0.25) is 0 Å². The molecule has 0 aliphatic rings. The summed E-state index contributed by atoms with van der Waals surface area (Å²) in [6.45, 7) is 8.01. The minimum Gasteiger partial charge on any atom is -0.340 e. The number of nitrogens with one attached hydrogen (secondary N) is 2. The second kappa shape index (κ2) is 6.28. The quantitative estimate of drug-likeness (QED) is 0.590. The molecule has 2 aromatic rings. The maximum Gasteiger partial charge on any atom is 0.148 e. The lowest BCUT2D eigenvalue weighted by molar-refractivity contribution is 0.774. The Hall–Kier alpha value is -1.85. The molecule has 0 radical (unpaired) electrons. The van der Waals surface area contributed by atoms with E-state index in [-0.39, 0.29) is 5.92 Å². The van der Waals surface area contributed by atoms with Crippen molar-refractivity contribution in [3.8, 4) is 0 Å². The summed E-state index contributed by atoms with van der Waals surface area (Å²) in [5, 5.41) is 4.00. The van der Waals surface area contributed by atoms with Crippen LogP contribution >= 0.6 is 11.6 Å². The molecule has 0 aliphatic heterocycles. The lowest BCUT2D eigenvalue weighted by Crippen LogP contribution is -2.14. The van der Waals surface area contributed by atoms with Gasteiger partial charge in [0.25, 0.3) is 0 Å². The first kappa shape index (κ1) is 15.5. The Bertz CT molecular complexity index is 655. The molecule has 1 heterocycles. The predicted octanol–water partition coefficient (Wildman–Crippen LogP) is 3.90. The largest absolute Gasteiger partial charge is 0.340 e. The van der Waals surface area contributed by atoms with Gasteiger partial charge in [-0.25, -0.2) is 15.8 Å². The van der Waals surface area contributed by atoms with Crippen LogP contribution in [0.2, 0.25) is 5.02 Å². The van der Waals surface area contributed by atoms with Crippen molar-refractivity contribution in [3.63, 3.8) is 0 Å². The molecular formula is C15H20ClN5. The molecule has 0 saturated heterocycles. The highest BCUT2D eigenvalue weighted by Crippen LogP contribution is 2.28. The van der Waals surface area contributed by atoms with Gasteiger partial charge in [0, 0.05) is 22.2 Å². The van der Waals surface area contributed by atoms with E-state index in [9.17, 15) is 0 Å². The monoisotopic (exact) mass is 305 g/mol. The van der Waals surface area contributed by atoms with Crippen LogP contribution in [0.3, 0.4) is 0 Å². The van der Waals surface area contributed by atoms with E-state index in [1.165, 1.54) is 0 Å². The maximum absolute atomic E-state index is 6.06. The Labute approximate surface area is 129 Å². The van der Waals surface area contributed by atoms with Crippen LogP contribution in [0, 0.1) is 13.8 Å². The minimum absolute atomic E-state index is 0.207. The number of hydrogen-bond acceptors (Lipinski definition) is 5. The molecule has 1 aromatic carbocycles. The molecule has 0 amide bonds. The van der Waals surface area contributed by atoms with Gasteiger partial charge in [0.05, 0.1) is 0 Å². The smallest absolute Gasteiger partial charge is 0.148 e. The van der Waals surface area contributed by atoms with E-state index in [0.717, 1.165) is 28.5 Å². The van der Waals surface area contributed by atoms with E-state index >= 15 is 0 Å². The van der Waals surface area contributed by atoms with Crippen molar-refractivity contribution in [2.24, 2.45) is 5.84 Å². The van der Waals surface area contributed by atoms with Gasteiger partial charge in [0.15, 0.2) is 0 Å².